The Balaban J connectivity index is 2.01. The molecule has 0 N–H and O–H groups in total. The van der Waals surface area contributed by atoms with Gasteiger partial charge in [-0.05, 0) is 0 Å². The summed E-state index contributed by atoms with van der Waals surface area (Å²) in [7, 11) is 15.6. The van der Waals surface area contributed by atoms with Gasteiger partial charge in [0.05, 0.1) is 0 Å². The molecule has 0 fully saturated rings. The van der Waals surface area contributed by atoms with Crippen LogP contribution in [-0.4, -0.2) is 3.71 Å². The molecule has 3 heteroatoms. The van der Waals surface area contributed by atoms with E-state index < -0.39 is 15.9 Å². The van der Waals surface area contributed by atoms with E-state index in [1.807, 2.05) is 0 Å². The number of hydrogen-bond donors (Lipinski definition) is 0. The number of fused-ring (bicyclic) bond motifs is 2. The van der Waals surface area contributed by atoms with Crippen LogP contribution in [0.15, 0.2) is 47.5 Å². The van der Waals surface area contributed by atoms with Crippen molar-refractivity contribution in [3.63, 3.8) is 0 Å². The quantitative estimate of drug-likeness (QED) is 0.416. The number of allylic oxidation sites excluding steroid dienone is 2. The fourth-order valence-electron chi connectivity index (χ4n) is 5.38. The summed E-state index contributed by atoms with van der Waals surface area (Å²) in [5.74, 6) is 0. The fraction of sp³-hybridized carbons (Fsp3) is 0.292. The molecule has 27 heavy (non-hydrogen) atoms. The molecular weight excluding hydrogens is 450 g/mol. The third-order valence-electron chi connectivity index (χ3n) is 6.65. The van der Waals surface area contributed by atoms with E-state index in [2.05, 4.69) is 86.9 Å². The monoisotopic (exact) mass is 474 g/mol. The van der Waals surface area contributed by atoms with Crippen LogP contribution in [-0.2, 0) is 15.9 Å². The summed E-state index contributed by atoms with van der Waals surface area (Å²) >= 11 is -4.49. The molecule has 140 valence electrons. The molecule has 2 atom stereocenters. The zero-order valence-electron chi connectivity index (χ0n) is 16.6. The van der Waals surface area contributed by atoms with Gasteiger partial charge < -0.3 is 0 Å². The molecule has 0 nitrogen and oxygen atoms in total. The first kappa shape index (κ1) is 19.6. The first-order valence-corrected chi connectivity index (χ1v) is 20.2. The van der Waals surface area contributed by atoms with Crippen LogP contribution in [0.5, 0.6) is 0 Å². The third-order valence-corrected chi connectivity index (χ3v) is 26.3. The number of aryl methyl sites for hydroxylation is 2. The van der Waals surface area contributed by atoms with E-state index in [9.17, 15) is 0 Å². The van der Waals surface area contributed by atoms with Gasteiger partial charge in [0.2, 0.25) is 0 Å². The Morgan fingerprint density at radius 1 is 0.741 bits per heavy atom. The molecule has 0 bridgehead atoms. The van der Waals surface area contributed by atoms with Crippen molar-refractivity contribution in [3.05, 3.63) is 80.9 Å². The van der Waals surface area contributed by atoms with Crippen molar-refractivity contribution in [2.24, 2.45) is 0 Å². The van der Waals surface area contributed by atoms with Crippen molar-refractivity contribution >= 4 is 32.9 Å². The summed E-state index contributed by atoms with van der Waals surface area (Å²) in [5, 5.41) is 0. The second kappa shape index (κ2) is 6.38. The molecule has 0 amide bonds. The van der Waals surface area contributed by atoms with E-state index in [-0.39, 0.29) is 7.25 Å². The molecule has 0 saturated heterocycles. The molecule has 4 rings (SSSR count). The maximum atomic E-state index is 7.78. The second-order valence-corrected chi connectivity index (χ2v) is 29.7. The Bertz CT molecular complexity index is 1020. The van der Waals surface area contributed by atoms with Gasteiger partial charge in [-0.2, -0.15) is 0 Å². The van der Waals surface area contributed by atoms with Crippen LogP contribution in [0.1, 0.15) is 61.4 Å². The molecule has 2 unspecified atom stereocenters. The van der Waals surface area contributed by atoms with E-state index in [0.717, 1.165) is 0 Å². The predicted octanol–water partition coefficient (Wildman–Crippen LogP) is 7.74. The van der Waals surface area contributed by atoms with Gasteiger partial charge in [0.15, 0.2) is 0 Å². The topological polar surface area (TPSA) is 0 Å². The third kappa shape index (κ3) is 2.69. The van der Waals surface area contributed by atoms with Crippen molar-refractivity contribution in [1.29, 1.82) is 0 Å². The van der Waals surface area contributed by atoms with Crippen molar-refractivity contribution in [3.8, 4) is 0 Å². The van der Waals surface area contributed by atoms with E-state index >= 15 is 0 Å². The van der Waals surface area contributed by atoms with Gasteiger partial charge in [-0.1, -0.05) is 0 Å². The van der Waals surface area contributed by atoms with Gasteiger partial charge in [-0.25, -0.2) is 0 Å². The van der Waals surface area contributed by atoms with E-state index in [1.54, 1.807) is 0 Å². The molecule has 0 radical (unpaired) electrons. The van der Waals surface area contributed by atoms with E-state index in [4.69, 9.17) is 17.0 Å². The molecule has 2 aromatic rings. The molecule has 2 aliphatic carbocycles. The van der Waals surface area contributed by atoms with Crippen LogP contribution in [0.25, 0.3) is 12.2 Å². The predicted molar refractivity (Wildman–Crippen MR) is 119 cm³/mol. The maximum absolute atomic E-state index is 7.78. The number of benzene rings is 2. The second-order valence-electron chi connectivity index (χ2n) is 8.31. The zero-order valence-corrected chi connectivity index (χ0v) is 20.6. The number of halogens is 2. The molecule has 0 heterocycles. The summed E-state index contributed by atoms with van der Waals surface area (Å²) in [4.78, 5) is 0. The number of rotatable bonds is 2. The van der Waals surface area contributed by atoms with Gasteiger partial charge in [0.1, 0.15) is 0 Å². The molecule has 0 spiro atoms. The van der Waals surface area contributed by atoms with Crippen LogP contribution in [0, 0.1) is 13.8 Å². The first-order chi connectivity index (χ1) is 12.7. The van der Waals surface area contributed by atoms with Crippen LogP contribution in [0.4, 0.5) is 0 Å². The van der Waals surface area contributed by atoms with E-state index in [0.29, 0.717) is 0 Å². The minimum absolute atomic E-state index is 0.120. The van der Waals surface area contributed by atoms with Crippen LogP contribution in [0.2, 0.25) is 0 Å². The Morgan fingerprint density at radius 3 is 1.52 bits per heavy atom. The Kier molecular flexibility index (Phi) is 4.62. The Morgan fingerprint density at radius 2 is 1.15 bits per heavy atom. The van der Waals surface area contributed by atoms with Crippen molar-refractivity contribution < 1.29 is 15.9 Å². The molecule has 2 aliphatic rings. The Labute approximate surface area is 170 Å². The first-order valence-electron chi connectivity index (χ1n) is 9.62. The van der Waals surface area contributed by atoms with Gasteiger partial charge >= 0.3 is 172 Å². The average molecular weight is 477 g/mol. The van der Waals surface area contributed by atoms with Gasteiger partial charge in [0, 0.05) is 0 Å². The Hall–Kier alpha value is -0.747. The average Bonchev–Trinajstić information content (AvgIpc) is 3.14. The molecular formula is C24H26Cl2Zr. The van der Waals surface area contributed by atoms with Gasteiger partial charge in [-0.3, -0.25) is 0 Å². The zero-order chi connectivity index (χ0) is 19.6. The normalized spacial score (nSPS) is 21.5. The molecule has 0 aliphatic heterocycles. The summed E-state index contributed by atoms with van der Waals surface area (Å²) < 4.78 is 2.47. The van der Waals surface area contributed by atoms with Crippen molar-refractivity contribution in [2.45, 2.75) is 41.9 Å². The fourth-order valence-corrected chi connectivity index (χ4v) is 23.5. The SMILES string of the molecule is C[CH]=[Zr]([Cl])([Cl])([CH]1C(C)=Cc2c(C)cccc21)[CH]1C(C)=Cc2c(C)cccc21. The van der Waals surface area contributed by atoms with Crippen LogP contribution in [0.3, 0.4) is 0 Å². The summed E-state index contributed by atoms with van der Waals surface area (Å²) in [6.07, 6.45) is 4.62. The van der Waals surface area contributed by atoms with Gasteiger partial charge in [0.25, 0.3) is 0 Å². The molecule has 0 saturated carbocycles. The van der Waals surface area contributed by atoms with Crippen molar-refractivity contribution in [2.75, 3.05) is 0 Å². The van der Waals surface area contributed by atoms with E-state index in [1.165, 1.54) is 44.5 Å². The van der Waals surface area contributed by atoms with Crippen LogP contribution >= 0.6 is 17.0 Å². The minimum atomic E-state index is -4.49. The standard InChI is InChI=1S/2C11H11.C2H4.2ClH.Zr/c2*1-8-6-10-5-3-4-9(2)11(10)7-8;1-2;;;/h2*3-7H,1-2H3;1H,2H3;2*1H;/q;;;;;+2/p-2. The molecule has 0 aromatic heterocycles. The summed E-state index contributed by atoms with van der Waals surface area (Å²) in [6.45, 7) is 10.8. The number of hydrogen-bond acceptors (Lipinski definition) is 0. The van der Waals surface area contributed by atoms with Crippen LogP contribution < -0.4 is 0 Å². The molecule has 2 aromatic carbocycles. The van der Waals surface area contributed by atoms with Gasteiger partial charge in [-0.15, -0.1) is 0 Å². The van der Waals surface area contributed by atoms with Crippen molar-refractivity contribution in [1.82, 2.24) is 0 Å². The summed E-state index contributed by atoms with van der Waals surface area (Å²) in [5.41, 5.74) is 10.5. The summed E-state index contributed by atoms with van der Waals surface area (Å²) in [6, 6.07) is 13.1.